The van der Waals surface area contributed by atoms with E-state index in [0.717, 1.165) is 24.2 Å². The molecule has 0 spiro atoms. The first-order valence-corrected chi connectivity index (χ1v) is 5.23. The van der Waals surface area contributed by atoms with Crippen molar-refractivity contribution in [2.45, 2.75) is 20.1 Å². The van der Waals surface area contributed by atoms with Crippen molar-refractivity contribution in [3.8, 4) is 0 Å². The summed E-state index contributed by atoms with van der Waals surface area (Å²) in [6.07, 6.45) is 3.07. The van der Waals surface area contributed by atoms with Gasteiger partial charge in [0, 0.05) is 18.5 Å². The maximum atomic E-state index is 5.75. The Morgan fingerprint density at radius 3 is 3.00 bits per heavy atom. The van der Waals surface area contributed by atoms with Crippen LogP contribution < -0.4 is 5.73 Å². The number of nitrogens with two attached hydrogens (primary N) is 1. The molecule has 0 unspecified atom stereocenters. The first-order valence-electron chi connectivity index (χ1n) is 5.23. The summed E-state index contributed by atoms with van der Waals surface area (Å²) in [5, 5.41) is 1.20. The molecule has 2 N–H and O–H groups in total. The summed E-state index contributed by atoms with van der Waals surface area (Å²) in [7, 11) is 0. The molecule has 1 aromatic heterocycles. The number of nitrogens with zero attached hydrogens (tertiary/aromatic N) is 1. The van der Waals surface area contributed by atoms with Gasteiger partial charge in [-0.15, -0.1) is 0 Å². The molecule has 0 amide bonds. The number of anilines is 1. The van der Waals surface area contributed by atoms with E-state index >= 15 is 0 Å². The van der Waals surface area contributed by atoms with Crippen molar-refractivity contribution in [3.05, 3.63) is 30.5 Å². The Hall–Kier alpha value is -1.48. The van der Waals surface area contributed by atoms with E-state index in [1.165, 1.54) is 5.39 Å². The van der Waals surface area contributed by atoms with Crippen molar-refractivity contribution in [3.63, 3.8) is 0 Å². The molecule has 0 fully saturated rings. The lowest BCUT2D eigenvalue weighted by atomic mass is 10.2. The fourth-order valence-electron chi connectivity index (χ4n) is 1.62. The summed E-state index contributed by atoms with van der Waals surface area (Å²) in [6, 6.07) is 8.00. The minimum absolute atomic E-state index is 0.598. The largest absolute Gasteiger partial charge is 0.399 e. The Labute approximate surface area is 89.4 Å². The van der Waals surface area contributed by atoms with Gasteiger partial charge >= 0.3 is 0 Å². The molecule has 0 aliphatic heterocycles. The summed E-state index contributed by atoms with van der Waals surface area (Å²) < 4.78 is 7.57. The maximum Gasteiger partial charge on any atom is 0.122 e. The van der Waals surface area contributed by atoms with Crippen molar-refractivity contribution in [2.24, 2.45) is 0 Å². The fourth-order valence-corrected chi connectivity index (χ4v) is 1.62. The first-order chi connectivity index (χ1) is 7.31. The van der Waals surface area contributed by atoms with Crippen LogP contribution in [0.4, 0.5) is 5.69 Å². The molecule has 1 heterocycles. The summed E-state index contributed by atoms with van der Waals surface area (Å²) in [5.74, 6) is 0. The molecule has 2 rings (SSSR count). The second kappa shape index (κ2) is 4.36. The fraction of sp³-hybridized carbons (Fsp3) is 0.333. The van der Waals surface area contributed by atoms with Crippen LogP contribution in [0.15, 0.2) is 30.5 Å². The van der Waals surface area contributed by atoms with Crippen LogP contribution in [0.3, 0.4) is 0 Å². The lowest BCUT2D eigenvalue weighted by Crippen LogP contribution is -2.01. The molecule has 0 bridgehead atoms. The molecule has 2 aromatic rings. The zero-order chi connectivity index (χ0) is 10.7. The number of rotatable bonds is 4. The van der Waals surface area contributed by atoms with Crippen LogP contribution in [-0.4, -0.2) is 11.2 Å². The number of ether oxygens (including phenoxy) is 1. The molecule has 1 aromatic carbocycles. The molecule has 80 valence electrons. The first kappa shape index (κ1) is 10.1. The molecule has 0 aliphatic rings. The van der Waals surface area contributed by atoms with Crippen LogP contribution in [0.1, 0.15) is 13.3 Å². The van der Waals surface area contributed by atoms with Crippen molar-refractivity contribution < 1.29 is 4.74 Å². The normalized spacial score (nSPS) is 11.0. The second-order valence-electron chi connectivity index (χ2n) is 3.64. The summed E-state index contributed by atoms with van der Waals surface area (Å²) in [6.45, 7) is 3.49. The highest BCUT2D eigenvalue weighted by Crippen LogP contribution is 2.18. The van der Waals surface area contributed by atoms with Crippen molar-refractivity contribution in [2.75, 3.05) is 12.3 Å². The zero-order valence-electron chi connectivity index (χ0n) is 8.94. The Morgan fingerprint density at radius 2 is 2.20 bits per heavy atom. The molecule has 15 heavy (non-hydrogen) atoms. The SMILES string of the molecule is CCCOCn1ccc2ccc(N)cc21. The number of benzene rings is 1. The Bertz CT molecular complexity index is 448. The van der Waals surface area contributed by atoms with Gasteiger partial charge in [-0.05, 0) is 30.0 Å². The number of aromatic nitrogens is 1. The summed E-state index contributed by atoms with van der Waals surface area (Å²) >= 11 is 0. The van der Waals surface area contributed by atoms with Gasteiger partial charge in [-0.3, -0.25) is 0 Å². The van der Waals surface area contributed by atoms with E-state index < -0.39 is 0 Å². The van der Waals surface area contributed by atoms with Gasteiger partial charge in [-0.2, -0.15) is 0 Å². The van der Waals surface area contributed by atoms with Gasteiger partial charge < -0.3 is 15.0 Å². The highest BCUT2D eigenvalue weighted by Gasteiger charge is 2.00. The highest BCUT2D eigenvalue weighted by atomic mass is 16.5. The monoisotopic (exact) mass is 204 g/mol. The minimum atomic E-state index is 0.598. The second-order valence-corrected chi connectivity index (χ2v) is 3.64. The van der Waals surface area contributed by atoms with Gasteiger partial charge in [-0.25, -0.2) is 0 Å². The third-order valence-electron chi connectivity index (χ3n) is 2.38. The lowest BCUT2D eigenvalue weighted by molar-refractivity contribution is 0.0804. The predicted molar refractivity (Wildman–Crippen MR) is 62.6 cm³/mol. The molecule has 3 nitrogen and oxygen atoms in total. The summed E-state index contributed by atoms with van der Waals surface area (Å²) in [4.78, 5) is 0. The number of nitrogen functional groups attached to an aromatic ring is 1. The maximum absolute atomic E-state index is 5.75. The number of fused-ring (bicyclic) bond motifs is 1. The van der Waals surface area contributed by atoms with E-state index in [9.17, 15) is 0 Å². The zero-order valence-corrected chi connectivity index (χ0v) is 8.94. The predicted octanol–water partition coefficient (Wildman–Crippen LogP) is 2.61. The molecule has 0 atom stereocenters. The van der Waals surface area contributed by atoms with E-state index in [-0.39, 0.29) is 0 Å². The van der Waals surface area contributed by atoms with Gasteiger partial charge in [0.2, 0.25) is 0 Å². The number of hydrogen-bond donors (Lipinski definition) is 1. The lowest BCUT2D eigenvalue weighted by Gasteiger charge is -2.06. The van der Waals surface area contributed by atoms with Gasteiger partial charge in [0.25, 0.3) is 0 Å². The minimum Gasteiger partial charge on any atom is -0.399 e. The summed E-state index contributed by atoms with van der Waals surface area (Å²) in [5.41, 5.74) is 7.67. The van der Waals surface area contributed by atoms with E-state index in [1.54, 1.807) is 0 Å². The van der Waals surface area contributed by atoms with Crippen LogP contribution in [-0.2, 0) is 11.5 Å². The van der Waals surface area contributed by atoms with Gasteiger partial charge in [-0.1, -0.05) is 13.0 Å². The Balaban J connectivity index is 2.23. The van der Waals surface area contributed by atoms with Crippen LogP contribution in [0.2, 0.25) is 0 Å². The van der Waals surface area contributed by atoms with E-state index in [2.05, 4.69) is 17.6 Å². The standard InChI is InChI=1S/C12H16N2O/c1-2-7-15-9-14-6-5-10-3-4-11(13)8-12(10)14/h3-6,8H,2,7,9,13H2,1H3. The smallest absolute Gasteiger partial charge is 0.122 e. The van der Waals surface area contributed by atoms with Crippen molar-refractivity contribution >= 4 is 16.6 Å². The van der Waals surface area contributed by atoms with E-state index in [1.807, 2.05) is 24.4 Å². The van der Waals surface area contributed by atoms with Crippen LogP contribution >= 0.6 is 0 Å². The highest BCUT2D eigenvalue weighted by molar-refractivity contribution is 5.83. The molecule has 0 aliphatic carbocycles. The van der Waals surface area contributed by atoms with Crippen molar-refractivity contribution in [1.82, 2.24) is 4.57 Å². The molecule has 0 saturated heterocycles. The topological polar surface area (TPSA) is 40.2 Å². The average Bonchev–Trinajstić information content (AvgIpc) is 2.62. The molecular weight excluding hydrogens is 188 g/mol. The van der Waals surface area contributed by atoms with Gasteiger partial charge in [0.1, 0.15) is 6.73 Å². The van der Waals surface area contributed by atoms with E-state index in [0.29, 0.717) is 6.73 Å². The molecule has 0 saturated carbocycles. The van der Waals surface area contributed by atoms with E-state index in [4.69, 9.17) is 10.5 Å². The van der Waals surface area contributed by atoms with Crippen LogP contribution in [0, 0.1) is 0 Å². The van der Waals surface area contributed by atoms with Crippen molar-refractivity contribution in [1.29, 1.82) is 0 Å². The average molecular weight is 204 g/mol. The third kappa shape index (κ3) is 2.13. The molecular formula is C12H16N2O. The number of hydrogen-bond acceptors (Lipinski definition) is 2. The van der Waals surface area contributed by atoms with Gasteiger partial charge in [0.05, 0.1) is 5.52 Å². The van der Waals surface area contributed by atoms with Gasteiger partial charge in [0.15, 0.2) is 0 Å². The quantitative estimate of drug-likeness (QED) is 0.614. The Morgan fingerprint density at radius 1 is 1.33 bits per heavy atom. The molecule has 3 heteroatoms. The molecule has 0 radical (unpaired) electrons. The van der Waals surface area contributed by atoms with Crippen LogP contribution in [0.25, 0.3) is 10.9 Å². The Kier molecular flexibility index (Phi) is 2.92. The third-order valence-corrected chi connectivity index (χ3v) is 2.38. The van der Waals surface area contributed by atoms with Crippen LogP contribution in [0.5, 0.6) is 0 Å².